The quantitative estimate of drug-likeness (QED) is 0.199. The fourth-order valence-corrected chi connectivity index (χ4v) is 3.02. The Hall–Kier alpha value is -3.54. The van der Waals surface area contributed by atoms with Crippen LogP contribution in [0.4, 0.5) is 0 Å². The Morgan fingerprint density at radius 1 is 1.00 bits per heavy atom. The van der Waals surface area contributed by atoms with Crippen LogP contribution in [0.25, 0.3) is 11.4 Å². The van der Waals surface area contributed by atoms with E-state index in [1.165, 1.54) is 0 Å². The van der Waals surface area contributed by atoms with E-state index in [1.54, 1.807) is 6.08 Å². The van der Waals surface area contributed by atoms with Crippen molar-refractivity contribution >= 4 is 5.71 Å². The van der Waals surface area contributed by atoms with Gasteiger partial charge in [0.1, 0.15) is 24.7 Å². The third kappa shape index (κ3) is 6.74. The number of pyridine rings is 3. The first-order chi connectivity index (χ1) is 15.0. The normalized spacial score (nSPS) is 11.3. The summed E-state index contributed by atoms with van der Waals surface area (Å²) in [6.07, 6.45) is 3.32. The Balaban J connectivity index is 1.57. The molecule has 6 nitrogen and oxygen atoms in total. The fraction of sp³-hybridized carbons (Fsp3) is 0.280. The molecule has 0 radical (unpaired) electrons. The van der Waals surface area contributed by atoms with Crippen LogP contribution in [0.1, 0.15) is 36.1 Å². The predicted octanol–water partition coefficient (Wildman–Crippen LogP) is 5.09. The number of hydrogen-bond donors (Lipinski definition) is 0. The second kappa shape index (κ2) is 11.0. The number of oxime groups is 1. The highest BCUT2D eigenvalue weighted by atomic mass is 16.6. The molecule has 0 N–H and O–H groups in total. The van der Waals surface area contributed by atoms with E-state index in [4.69, 9.17) is 14.6 Å². The SMILES string of the molecule is C=CCOc1cc(C)nc(-c2cccc(CCCON=C(C)c3cccc(C)n3)n2)c1. The van der Waals surface area contributed by atoms with Gasteiger partial charge in [-0.2, -0.15) is 0 Å². The van der Waals surface area contributed by atoms with Crippen LogP contribution < -0.4 is 4.74 Å². The van der Waals surface area contributed by atoms with Crippen LogP contribution >= 0.6 is 0 Å². The molecule has 31 heavy (non-hydrogen) atoms. The summed E-state index contributed by atoms with van der Waals surface area (Å²) >= 11 is 0. The number of ether oxygens (including phenoxy) is 1. The van der Waals surface area contributed by atoms with Crippen LogP contribution in [0.2, 0.25) is 0 Å². The third-order valence-electron chi connectivity index (χ3n) is 4.49. The van der Waals surface area contributed by atoms with E-state index in [0.29, 0.717) is 13.2 Å². The highest BCUT2D eigenvalue weighted by Crippen LogP contribution is 2.22. The van der Waals surface area contributed by atoms with Gasteiger partial charge in [-0.25, -0.2) is 0 Å². The van der Waals surface area contributed by atoms with E-state index < -0.39 is 0 Å². The van der Waals surface area contributed by atoms with Gasteiger partial charge < -0.3 is 9.57 Å². The highest BCUT2D eigenvalue weighted by molar-refractivity contribution is 5.96. The molecule has 0 aliphatic heterocycles. The van der Waals surface area contributed by atoms with Crippen molar-refractivity contribution in [1.82, 2.24) is 15.0 Å². The van der Waals surface area contributed by atoms with Gasteiger partial charge in [-0.1, -0.05) is 29.9 Å². The second-order valence-corrected chi connectivity index (χ2v) is 7.22. The topological polar surface area (TPSA) is 69.5 Å². The van der Waals surface area contributed by atoms with Crippen LogP contribution in [0.15, 0.2) is 66.3 Å². The molecule has 0 spiro atoms. The molecule has 6 heteroatoms. The van der Waals surface area contributed by atoms with Gasteiger partial charge in [-0.05, 0) is 57.9 Å². The fourth-order valence-electron chi connectivity index (χ4n) is 3.02. The molecule has 3 heterocycles. The molecule has 0 saturated heterocycles. The zero-order chi connectivity index (χ0) is 22.1. The van der Waals surface area contributed by atoms with Gasteiger partial charge in [0, 0.05) is 29.2 Å². The zero-order valence-corrected chi connectivity index (χ0v) is 18.3. The summed E-state index contributed by atoms with van der Waals surface area (Å²) in [5.41, 5.74) is 6.04. The Morgan fingerprint density at radius 3 is 2.65 bits per heavy atom. The Morgan fingerprint density at radius 2 is 1.84 bits per heavy atom. The van der Waals surface area contributed by atoms with Crippen molar-refractivity contribution < 1.29 is 9.57 Å². The van der Waals surface area contributed by atoms with Gasteiger partial charge in [-0.15, -0.1) is 0 Å². The first kappa shape index (κ1) is 22.2. The average molecular weight is 417 g/mol. The monoisotopic (exact) mass is 416 g/mol. The van der Waals surface area contributed by atoms with Gasteiger partial charge in [0.05, 0.1) is 17.1 Å². The van der Waals surface area contributed by atoms with E-state index in [1.807, 2.05) is 69.3 Å². The van der Waals surface area contributed by atoms with Crippen molar-refractivity contribution in [2.75, 3.05) is 13.2 Å². The summed E-state index contributed by atoms with van der Waals surface area (Å²) in [5, 5.41) is 4.18. The molecule has 0 unspecified atom stereocenters. The minimum atomic E-state index is 0.457. The average Bonchev–Trinajstić information content (AvgIpc) is 2.77. The first-order valence-corrected chi connectivity index (χ1v) is 10.3. The summed E-state index contributed by atoms with van der Waals surface area (Å²) in [6, 6.07) is 15.6. The van der Waals surface area contributed by atoms with E-state index in [9.17, 15) is 0 Å². The van der Waals surface area contributed by atoms with E-state index >= 15 is 0 Å². The van der Waals surface area contributed by atoms with E-state index in [2.05, 4.69) is 21.7 Å². The summed E-state index contributed by atoms with van der Waals surface area (Å²) in [4.78, 5) is 19.3. The van der Waals surface area contributed by atoms with Crippen LogP contribution in [0.5, 0.6) is 5.75 Å². The lowest BCUT2D eigenvalue weighted by molar-refractivity contribution is 0.141. The van der Waals surface area contributed by atoms with Crippen molar-refractivity contribution in [3.05, 3.63) is 84.0 Å². The molecule has 0 aliphatic carbocycles. The van der Waals surface area contributed by atoms with Gasteiger partial charge in [0.15, 0.2) is 0 Å². The third-order valence-corrected chi connectivity index (χ3v) is 4.49. The standard InChI is InChI=1S/C25H28N4O2/c1-5-14-30-22-16-19(3)27-25(17-22)24-13-7-10-21(28-24)11-8-15-31-29-20(4)23-12-6-9-18(2)26-23/h5-7,9-10,12-13,16-17H,1,8,11,14-15H2,2-4H3. The molecule has 3 rings (SSSR count). The van der Waals surface area contributed by atoms with Crippen LogP contribution in [0, 0.1) is 13.8 Å². The lowest BCUT2D eigenvalue weighted by Gasteiger charge is -2.09. The smallest absolute Gasteiger partial charge is 0.123 e. The minimum Gasteiger partial charge on any atom is -0.489 e. The maximum absolute atomic E-state index is 5.66. The van der Waals surface area contributed by atoms with Crippen molar-refractivity contribution in [3.8, 4) is 17.1 Å². The molecule has 0 atom stereocenters. The number of rotatable bonds is 10. The van der Waals surface area contributed by atoms with Gasteiger partial charge in [0.25, 0.3) is 0 Å². The summed E-state index contributed by atoms with van der Waals surface area (Å²) in [7, 11) is 0. The lowest BCUT2D eigenvalue weighted by atomic mass is 10.1. The maximum Gasteiger partial charge on any atom is 0.123 e. The van der Waals surface area contributed by atoms with Crippen molar-refractivity contribution in [2.45, 2.75) is 33.6 Å². The van der Waals surface area contributed by atoms with Crippen molar-refractivity contribution in [2.24, 2.45) is 5.16 Å². The molecule has 0 saturated carbocycles. The van der Waals surface area contributed by atoms with E-state index in [0.717, 1.165) is 58.5 Å². The van der Waals surface area contributed by atoms with Gasteiger partial charge >= 0.3 is 0 Å². The first-order valence-electron chi connectivity index (χ1n) is 10.3. The number of hydrogen-bond acceptors (Lipinski definition) is 6. The summed E-state index contributed by atoms with van der Waals surface area (Å²) in [6.45, 7) is 10.5. The molecule has 3 aromatic rings. The molecule has 3 aromatic heterocycles. The van der Waals surface area contributed by atoms with Crippen LogP contribution in [-0.2, 0) is 11.3 Å². The Bertz CT molecular complexity index is 1060. The number of aromatic nitrogens is 3. The molecule has 0 aliphatic rings. The van der Waals surface area contributed by atoms with Crippen molar-refractivity contribution in [1.29, 1.82) is 0 Å². The van der Waals surface area contributed by atoms with E-state index in [-0.39, 0.29) is 0 Å². The van der Waals surface area contributed by atoms with Crippen LogP contribution in [0.3, 0.4) is 0 Å². The van der Waals surface area contributed by atoms with Crippen molar-refractivity contribution in [3.63, 3.8) is 0 Å². The molecule has 0 aromatic carbocycles. The summed E-state index contributed by atoms with van der Waals surface area (Å²) in [5.74, 6) is 0.763. The highest BCUT2D eigenvalue weighted by Gasteiger charge is 2.07. The largest absolute Gasteiger partial charge is 0.489 e. The molecular weight excluding hydrogens is 388 g/mol. The zero-order valence-electron chi connectivity index (χ0n) is 18.3. The predicted molar refractivity (Wildman–Crippen MR) is 123 cm³/mol. The summed E-state index contributed by atoms with van der Waals surface area (Å²) < 4.78 is 5.66. The van der Waals surface area contributed by atoms with Gasteiger partial charge in [0.2, 0.25) is 0 Å². The minimum absolute atomic E-state index is 0.457. The number of nitrogens with zero attached hydrogens (tertiary/aromatic N) is 4. The maximum atomic E-state index is 5.66. The van der Waals surface area contributed by atoms with Gasteiger partial charge in [-0.3, -0.25) is 15.0 Å². The number of aryl methyl sites for hydroxylation is 3. The molecule has 0 bridgehead atoms. The molecular formula is C25H28N4O2. The second-order valence-electron chi connectivity index (χ2n) is 7.22. The molecule has 0 fully saturated rings. The van der Waals surface area contributed by atoms with Crippen LogP contribution in [-0.4, -0.2) is 33.9 Å². The Kier molecular flexibility index (Phi) is 7.87. The molecule has 160 valence electrons. The Labute approximate surface area is 183 Å². The molecule has 0 amide bonds. The lowest BCUT2D eigenvalue weighted by Crippen LogP contribution is -2.02.